The molecule has 0 aliphatic heterocycles. The van der Waals surface area contributed by atoms with Gasteiger partial charge in [0.15, 0.2) is 0 Å². The van der Waals surface area contributed by atoms with E-state index in [2.05, 4.69) is 23.9 Å². The smallest absolute Gasteiger partial charge is 0.141 e. The third kappa shape index (κ3) is 4.48. The molecule has 21 heavy (non-hydrogen) atoms. The molecule has 1 saturated carbocycles. The van der Waals surface area contributed by atoms with E-state index in [1.807, 2.05) is 6.92 Å². The highest BCUT2D eigenvalue weighted by Crippen LogP contribution is 2.28. The van der Waals surface area contributed by atoms with Crippen LogP contribution < -0.4 is 0 Å². The van der Waals surface area contributed by atoms with Crippen molar-refractivity contribution in [2.75, 3.05) is 13.6 Å². The molecule has 1 fully saturated rings. The van der Waals surface area contributed by atoms with Crippen LogP contribution in [0.4, 0.5) is 4.39 Å². The molecule has 1 aromatic heterocycles. The van der Waals surface area contributed by atoms with E-state index in [4.69, 9.17) is 0 Å². The zero-order valence-corrected chi connectivity index (χ0v) is 13.3. The fraction of sp³-hybridized carbons (Fsp3) is 0.706. The molecule has 2 rings (SSSR count). The maximum absolute atomic E-state index is 12.9. The molecule has 4 unspecified atom stereocenters. The van der Waals surface area contributed by atoms with Crippen molar-refractivity contribution in [3.63, 3.8) is 0 Å². The molecule has 0 radical (unpaired) electrons. The maximum atomic E-state index is 12.9. The summed E-state index contributed by atoms with van der Waals surface area (Å²) in [6.45, 7) is 5.18. The summed E-state index contributed by atoms with van der Waals surface area (Å²) in [4.78, 5) is 6.36. The fourth-order valence-corrected chi connectivity index (χ4v) is 3.36. The van der Waals surface area contributed by atoms with Gasteiger partial charge in [-0.05, 0) is 37.9 Å². The lowest BCUT2D eigenvalue weighted by atomic mass is 9.86. The Morgan fingerprint density at radius 2 is 2.19 bits per heavy atom. The molecular formula is C17H27FN2O. The van der Waals surface area contributed by atoms with E-state index >= 15 is 0 Å². The largest absolute Gasteiger partial charge is 0.386 e. The lowest BCUT2D eigenvalue weighted by molar-refractivity contribution is 0.0688. The summed E-state index contributed by atoms with van der Waals surface area (Å²) in [6, 6.07) is 3.54. The molecule has 1 aliphatic rings. The molecule has 0 amide bonds. The van der Waals surface area contributed by atoms with Gasteiger partial charge in [0.1, 0.15) is 5.82 Å². The molecule has 0 aromatic carbocycles. The van der Waals surface area contributed by atoms with E-state index in [9.17, 15) is 9.50 Å². The number of nitrogens with zero attached hydrogens (tertiary/aromatic N) is 2. The van der Waals surface area contributed by atoms with E-state index in [1.54, 1.807) is 6.07 Å². The average Bonchev–Trinajstić information content (AvgIpc) is 2.47. The number of hydrogen-bond acceptors (Lipinski definition) is 3. The standard InChI is InChI=1S/C17H27FN2O/c1-12-5-4-6-15(9-12)20(3)11-13(2)17(21)16-8-7-14(18)10-19-16/h7-8,10,12-13,15,17,21H,4-6,9,11H2,1-3H3. The number of hydrogen-bond donors (Lipinski definition) is 1. The van der Waals surface area contributed by atoms with Gasteiger partial charge >= 0.3 is 0 Å². The Kier molecular flexibility index (Phi) is 5.71. The molecule has 4 heteroatoms. The highest BCUT2D eigenvalue weighted by atomic mass is 19.1. The first-order chi connectivity index (χ1) is 9.97. The van der Waals surface area contributed by atoms with Gasteiger partial charge in [0, 0.05) is 18.5 Å². The van der Waals surface area contributed by atoms with Crippen molar-refractivity contribution >= 4 is 0 Å². The monoisotopic (exact) mass is 294 g/mol. The summed E-state index contributed by atoms with van der Waals surface area (Å²) in [5.74, 6) is 0.502. The molecule has 1 N–H and O–H groups in total. The SMILES string of the molecule is CC1CCCC(N(C)CC(C)C(O)c2ccc(F)cn2)C1. The molecular weight excluding hydrogens is 267 g/mol. The summed E-state index contributed by atoms with van der Waals surface area (Å²) < 4.78 is 12.9. The van der Waals surface area contributed by atoms with Gasteiger partial charge in [0.05, 0.1) is 18.0 Å². The van der Waals surface area contributed by atoms with Gasteiger partial charge in [-0.3, -0.25) is 4.98 Å². The van der Waals surface area contributed by atoms with Crippen molar-refractivity contribution in [1.82, 2.24) is 9.88 Å². The molecule has 4 atom stereocenters. The molecule has 0 spiro atoms. The number of halogens is 1. The van der Waals surface area contributed by atoms with Crippen molar-refractivity contribution in [3.05, 3.63) is 29.8 Å². The summed E-state index contributed by atoms with van der Waals surface area (Å²) in [5.41, 5.74) is 0.550. The first-order valence-electron chi connectivity index (χ1n) is 7.97. The predicted molar refractivity (Wildman–Crippen MR) is 82.4 cm³/mol. The van der Waals surface area contributed by atoms with E-state index in [0.717, 1.165) is 18.7 Å². The van der Waals surface area contributed by atoms with Gasteiger partial charge in [-0.2, -0.15) is 0 Å². The van der Waals surface area contributed by atoms with Gasteiger partial charge in [-0.1, -0.05) is 26.7 Å². The molecule has 1 aromatic rings. The van der Waals surface area contributed by atoms with E-state index < -0.39 is 6.10 Å². The minimum absolute atomic E-state index is 0.0743. The highest BCUT2D eigenvalue weighted by Gasteiger charge is 2.26. The second kappa shape index (κ2) is 7.32. The van der Waals surface area contributed by atoms with Crippen LogP contribution in [0.15, 0.2) is 18.3 Å². The third-order valence-corrected chi connectivity index (χ3v) is 4.70. The normalized spacial score (nSPS) is 25.8. The van der Waals surface area contributed by atoms with Crippen molar-refractivity contribution in [3.8, 4) is 0 Å². The molecule has 0 bridgehead atoms. The van der Waals surface area contributed by atoms with Gasteiger partial charge in [-0.25, -0.2) is 4.39 Å². The van der Waals surface area contributed by atoms with Crippen LogP contribution in [-0.4, -0.2) is 34.6 Å². The van der Waals surface area contributed by atoms with Crippen LogP contribution >= 0.6 is 0 Å². The van der Waals surface area contributed by atoms with Crippen LogP contribution in [0.2, 0.25) is 0 Å². The van der Waals surface area contributed by atoms with Crippen molar-refractivity contribution in [1.29, 1.82) is 0 Å². The van der Waals surface area contributed by atoms with E-state index in [-0.39, 0.29) is 11.7 Å². The maximum Gasteiger partial charge on any atom is 0.141 e. The van der Waals surface area contributed by atoms with Crippen LogP contribution in [0.5, 0.6) is 0 Å². The highest BCUT2D eigenvalue weighted by molar-refractivity contribution is 5.09. The Morgan fingerprint density at radius 3 is 2.81 bits per heavy atom. The predicted octanol–water partition coefficient (Wildman–Crippen LogP) is 3.40. The van der Waals surface area contributed by atoms with Crippen LogP contribution in [0, 0.1) is 17.7 Å². The number of aliphatic hydroxyl groups excluding tert-OH is 1. The Labute approximate surface area is 127 Å². The second-order valence-electron chi connectivity index (χ2n) is 6.69. The molecule has 0 saturated heterocycles. The Hall–Kier alpha value is -1.00. The van der Waals surface area contributed by atoms with Crippen molar-refractivity contribution < 1.29 is 9.50 Å². The van der Waals surface area contributed by atoms with Crippen LogP contribution in [-0.2, 0) is 0 Å². The van der Waals surface area contributed by atoms with Gasteiger partial charge in [0.2, 0.25) is 0 Å². The van der Waals surface area contributed by atoms with E-state index in [1.165, 1.54) is 31.7 Å². The zero-order chi connectivity index (χ0) is 15.4. The van der Waals surface area contributed by atoms with Gasteiger partial charge < -0.3 is 10.0 Å². The number of pyridine rings is 1. The second-order valence-corrected chi connectivity index (χ2v) is 6.69. The fourth-order valence-electron chi connectivity index (χ4n) is 3.36. The Balaban J connectivity index is 1.90. The summed E-state index contributed by atoms with van der Waals surface area (Å²) in [7, 11) is 2.14. The molecule has 3 nitrogen and oxygen atoms in total. The van der Waals surface area contributed by atoms with Crippen LogP contribution in [0.25, 0.3) is 0 Å². The van der Waals surface area contributed by atoms with Gasteiger partial charge in [-0.15, -0.1) is 0 Å². The third-order valence-electron chi connectivity index (χ3n) is 4.70. The number of aromatic nitrogens is 1. The lowest BCUT2D eigenvalue weighted by Gasteiger charge is -2.36. The average molecular weight is 294 g/mol. The van der Waals surface area contributed by atoms with Crippen molar-refractivity contribution in [2.45, 2.75) is 51.7 Å². The number of rotatable bonds is 5. The first kappa shape index (κ1) is 16.4. The van der Waals surface area contributed by atoms with E-state index in [0.29, 0.717) is 11.7 Å². The summed E-state index contributed by atoms with van der Waals surface area (Å²) in [6.07, 6.45) is 5.65. The lowest BCUT2D eigenvalue weighted by Crippen LogP contribution is -2.39. The topological polar surface area (TPSA) is 36.4 Å². The number of aliphatic hydroxyl groups is 1. The minimum Gasteiger partial charge on any atom is -0.386 e. The quantitative estimate of drug-likeness (QED) is 0.904. The summed E-state index contributed by atoms with van der Waals surface area (Å²) >= 11 is 0. The minimum atomic E-state index is -0.644. The molecule has 1 aliphatic carbocycles. The molecule has 118 valence electrons. The van der Waals surface area contributed by atoms with Crippen molar-refractivity contribution in [2.24, 2.45) is 11.8 Å². The first-order valence-corrected chi connectivity index (χ1v) is 7.97. The Morgan fingerprint density at radius 1 is 1.43 bits per heavy atom. The van der Waals surface area contributed by atoms with Gasteiger partial charge in [0.25, 0.3) is 0 Å². The molecule has 1 heterocycles. The summed E-state index contributed by atoms with van der Waals surface area (Å²) in [5, 5.41) is 10.4. The Bertz CT molecular complexity index is 437. The van der Waals surface area contributed by atoms with Crippen LogP contribution in [0.1, 0.15) is 51.3 Å². The van der Waals surface area contributed by atoms with Crippen LogP contribution in [0.3, 0.4) is 0 Å². The zero-order valence-electron chi connectivity index (χ0n) is 13.3.